The molecule has 3 rings (SSSR count). The van der Waals surface area contributed by atoms with Crippen molar-refractivity contribution in [3.63, 3.8) is 0 Å². The second-order valence-electron chi connectivity index (χ2n) is 6.11. The number of nitrogens with zero attached hydrogens (tertiary/aromatic N) is 1. The first-order valence-electron chi connectivity index (χ1n) is 8.44. The number of carbonyl (C=O) groups excluding carboxylic acids is 1. The molecule has 1 aliphatic heterocycles. The number of halogens is 1. The van der Waals surface area contributed by atoms with Crippen LogP contribution in [0.25, 0.3) is 6.08 Å². The zero-order chi connectivity index (χ0) is 17.5. The lowest BCUT2D eigenvalue weighted by molar-refractivity contribution is -0.117. The number of carbonyl (C=O) groups is 1. The Bertz CT molecular complexity index is 710. The highest BCUT2D eigenvalue weighted by Gasteiger charge is 2.26. The maximum Gasteiger partial charge on any atom is 0.244 e. The van der Waals surface area contributed by atoms with Gasteiger partial charge in [0.1, 0.15) is 0 Å². The Kier molecular flexibility index (Phi) is 6.20. The van der Waals surface area contributed by atoms with Crippen LogP contribution in [0.1, 0.15) is 30.0 Å². The molecule has 1 aromatic heterocycles. The van der Waals surface area contributed by atoms with E-state index in [1.54, 1.807) is 30.5 Å². The van der Waals surface area contributed by atoms with E-state index in [1.165, 1.54) is 0 Å². The van der Waals surface area contributed by atoms with Crippen molar-refractivity contribution in [2.75, 3.05) is 13.2 Å². The third-order valence-corrected chi connectivity index (χ3v) is 4.63. The third-order valence-electron chi connectivity index (χ3n) is 4.38. The standard InChI is InChI=1S/C20H21ClN2O2/c21-18-6-3-15(4-7-18)5-8-19(24)23-20(16-9-12-25-13-10-16)17-2-1-11-22-14-17/h1-8,11,14,16,20H,9-10,12-13H2,(H,23,24)/b8-5+. The fraction of sp³-hybridized carbons (Fsp3) is 0.300. The van der Waals surface area contributed by atoms with Gasteiger partial charge in [-0.2, -0.15) is 0 Å². The molecule has 5 heteroatoms. The molecule has 2 aromatic rings. The van der Waals surface area contributed by atoms with Crippen LogP contribution < -0.4 is 5.32 Å². The van der Waals surface area contributed by atoms with Crippen molar-refractivity contribution < 1.29 is 9.53 Å². The van der Waals surface area contributed by atoms with Crippen LogP contribution in [-0.2, 0) is 9.53 Å². The van der Waals surface area contributed by atoms with Gasteiger partial charge in [0.05, 0.1) is 6.04 Å². The predicted octanol–water partition coefficient (Wildman–Crippen LogP) is 4.03. The van der Waals surface area contributed by atoms with Gasteiger partial charge in [-0.25, -0.2) is 0 Å². The summed E-state index contributed by atoms with van der Waals surface area (Å²) in [5, 5.41) is 3.82. The van der Waals surface area contributed by atoms with Gasteiger partial charge in [-0.3, -0.25) is 9.78 Å². The van der Waals surface area contributed by atoms with Crippen LogP contribution in [0.15, 0.2) is 54.9 Å². The van der Waals surface area contributed by atoms with Crippen LogP contribution in [0.5, 0.6) is 0 Å². The number of hydrogen-bond donors (Lipinski definition) is 1. The normalized spacial score (nSPS) is 16.7. The smallest absolute Gasteiger partial charge is 0.244 e. The van der Waals surface area contributed by atoms with Gasteiger partial charge < -0.3 is 10.1 Å². The number of hydrogen-bond acceptors (Lipinski definition) is 3. The number of aromatic nitrogens is 1. The van der Waals surface area contributed by atoms with E-state index >= 15 is 0 Å². The van der Waals surface area contributed by atoms with E-state index in [1.807, 2.05) is 30.5 Å². The first-order valence-corrected chi connectivity index (χ1v) is 8.82. The average molecular weight is 357 g/mol. The Morgan fingerprint density at radius 1 is 1.24 bits per heavy atom. The van der Waals surface area contributed by atoms with Gasteiger partial charge in [-0.1, -0.05) is 29.8 Å². The summed E-state index contributed by atoms with van der Waals surface area (Å²) in [6, 6.07) is 11.2. The van der Waals surface area contributed by atoms with E-state index in [-0.39, 0.29) is 11.9 Å². The van der Waals surface area contributed by atoms with Crippen LogP contribution in [0.2, 0.25) is 5.02 Å². The molecule has 1 saturated heterocycles. The lowest BCUT2D eigenvalue weighted by Gasteiger charge is -2.30. The summed E-state index contributed by atoms with van der Waals surface area (Å²) in [6.07, 6.45) is 8.78. The highest BCUT2D eigenvalue weighted by molar-refractivity contribution is 6.30. The van der Waals surface area contributed by atoms with Gasteiger partial charge in [0.2, 0.25) is 5.91 Å². The van der Waals surface area contributed by atoms with Gasteiger partial charge in [0.15, 0.2) is 0 Å². The molecule has 0 saturated carbocycles. The van der Waals surface area contributed by atoms with E-state index in [2.05, 4.69) is 10.3 Å². The summed E-state index contributed by atoms with van der Waals surface area (Å²) in [7, 11) is 0. The number of nitrogens with one attached hydrogen (secondary N) is 1. The van der Waals surface area contributed by atoms with Gasteiger partial charge in [0, 0.05) is 36.7 Å². The summed E-state index contributed by atoms with van der Waals surface area (Å²) < 4.78 is 5.45. The number of amides is 1. The van der Waals surface area contributed by atoms with Crippen molar-refractivity contribution in [1.29, 1.82) is 0 Å². The average Bonchev–Trinajstić information content (AvgIpc) is 2.67. The first kappa shape index (κ1) is 17.6. The second kappa shape index (κ2) is 8.79. The molecule has 1 unspecified atom stereocenters. The molecule has 0 bridgehead atoms. The molecule has 1 amide bonds. The Hall–Kier alpha value is -2.17. The fourth-order valence-corrected chi connectivity index (χ4v) is 3.16. The summed E-state index contributed by atoms with van der Waals surface area (Å²) in [5.41, 5.74) is 1.96. The van der Waals surface area contributed by atoms with Crippen molar-refractivity contribution in [2.45, 2.75) is 18.9 Å². The molecule has 1 N–H and O–H groups in total. The van der Waals surface area contributed by atoms with Crippen molar-refractivity contribution in [2.24, 2.45) is 5.92 Å². The molecule has 1 atom stereocenters. The molecule has 25 heavy (non-hydrogen) atoms. The molecule has 0 radical (unpaired) electrons. The quantitative estimate of drug-likeness (QED) is 0.823. The third kappa shape index (κ3) is 5.15. The lowest BCUT2D eigenvalue weighted by Crippen LogP contribution is -2.35. The van der Waals surface area contributed by atoms with E-state index in [4.69, 9.17) is 16.3 Å². The lowest BCUT2D eigenvalue weighted by atomic mass is 9.87. The van der Waals surface area contributed by atoms with E-state index in [0.717, 1.165) is 37.2 Å². The van der Waals surface area contributed by atoms with E-state index < -0.39 is 0 Å². The summed E-state index contributed by atoms with van der Waals surface area (Å²) >= 11 is 5.88. The van der Waals surface area contributed by atoms with Crippen molar-refractivity contribution in [3.05, 3.63) is 71.0 Å². The number of rotatable bonds is 5. The van der Waals surface area contributed by atoms with E-state index in [0.29, 0.717) is 10.9 Å². The minimum absolute atomic E-state index is 0.0556. The summed E-state index contributed by atoms with van der Waals surface area (Å²) in [4.78, 5) is 16.6. The maximum atomic E-state index is 12.4. The molecule has 1 fully saturated rings. The van der Waals surface area contributed by atoms with Crippen LogP contribution >= 0.6 is 11.6 Å². The SMILES string of the molecule is O=C(/C=C/c1ccc(Cl)cc1)NC(c1cccnc1)C1CCOCC1. The zero-order valence-corrected chi connectivity index (χ0v) is 14.7. The Morgan fingerprint density at radius 3 is 2.68 bits per heavy atom. The Morgan fingerprint density at radius 2 is 2.00 bits per heavy atom. The second-order valence-corrected chi connectivity index (χ2v) is 6.54. The number of pyridine rings is 1. The molecule has 2 heterocycles. The first-order chi connectivity index (χ1) is 12.2. The maximum absolute atomic E-state index is 12.4. The zero-order valence-electron chi connectivity index (χ0n) is 13.9. The Labute approximate surface area is 152 Å². The fourth-order valence-electron chi connectivity index (χ4n) is 3.03. The number of ether oxygens (including phenoxy) is 1. The summed E-state index contributed by atoms with van der Waals surface area (Å²) in [6.45, 7) is 1.47. The highest BCUT2D eigenvalue weighted by atomic mass is 35.5. The molecular weight excluding hydrogens is 336 g/mol. The van der Waals surface area contributed by atoms with Crippen molar-refractivity contribution in [3.8, 4) is 0 Å². The van der Waals surface area contributed by atoms with Gasteiger partial charge in [-0.15, -0.1) is 0 Å². The van der Waals surface area contributed by atoms with Crippen molar-refractivity contribution >= 4 is 23.6 Å². The molecule has 1 aromatic carbocycles. The molecular formula is C20H21ClN2O2. The monoisotopic (exact) mass is 356 g/mol. The highest BCUT2D eigenvalue weighted by Crippen LogP contribution is 2.29. The van der Waals surface area contributed by atoms with Crippen LogP contribution in [0.4, 0.5) is 0 Å². The Balaban J connectivity index is 1.70. The van der Waals surface area contributed by atoms with Crippen LogP contribution in [0.3, 0.4) is 0 Å². The van der Waals surface area contributed by atoms with Crippen LogP contribution in [0, 0.1) is 5.92 Å². The van der Waals surface area contributed by atoms with Crippen LogP contribution in [-0.4, -0.2) is 24.1 Å². The summed E-state index contributed by atoms with van der Waals surface area (Å²) in [5.74, 6) is 0.237. The van der Waals surface area contributed by atoms with E-state index in [9.17, 15) is 4.79 Å². The molecule has 4 nitrogen and oxygen atoms in total. The number of benzene rings is 1. The minimum Gasteiger partial charge on any atom is -0.381 e. The molecule has 0 aliphatic carbocycles. The molecule has 0 spiro atoms. The minimum atomic E-state index is -0.115. The van der Waals surface area contributed by atoms with Gasteiger partial charge in [0.25, 0.3) is 0 Å². The molecule has 130 valence electrons. The largest absolute Gasteiger partial charge is 0.381 e. The van der Waals surface area contributed by atoms with Gasteiger partial charge in [-0.05, 0) is 54.2 Å². The van der Waals surface area contributed by atoms with Crippen molar-refractivity contribution in [1.82, 2.24) is 10.3 Å². The molecule has 1 aliphatic rings. The topological polar surface area (TPSA) is 51.2 Å². The van der Waals surface area contributed by atoms with Gasteiger partial charge >= 0.3 is 0 Å². The predicted molar refractivity (Wildman–Crippen MR) is 99.1 cm³/mol.